The molecule has 0 unspecified atom stereocenters. The highest BCUT2D eigenvalue weighted by Crippen LogP contribution is 2.05. The highest BCUT2D eigenvalue weighted by molar-refractivity contribution is 5.77. The summed E-state index contributed by atoms with van der Waals surface area (Å²) in [4.78, 5) is 23.7. The molecule has 0 radical (unpaired) electrons. The van der Waals surface area contributed by atoms with Crippen molar-refractivity contribution in [3.8, 4) is 0 Å². The highest BCUT2D eigenvalue weighted by atomic mass is 16.4. The Kier molecular flexibility index (Phi) is 6.02. The third kappa shape index (κ3) is 5.52. The molecule has 0 spiro atoms. The van der Waals surface area contributed by atoms with E-state index in [-0.39, 0.29) is 12.3 Å². The van der Waals surface area contributed by atoms with Crippen molar-refractivity contribution in [3.63, 3.8) is 0 Å². The van der Waals surface area contributed by atoms with E-state index < -0.39 is 5.97 Å². The number of nitrogens with one attached hydrogen (secondary N) is 1. The summed E-state index contributed by atoms with van der Waals surface area (Å²) in [6, 6.07) is 7.34. The fourth-order valence-electron chi connectivity index (χ4n) is 1.57. The molecule has 0 aliphatic heterocycles. The monoisotopic (exact) mass is 264 g/mol. The quantitative estimate of drug-likeness (QED) is 0.767. The zero-order chi connectivity index (χ0) is 14.3. The van der Waals surface area contributed by atoms with Gasteiger partial charge in [0, 0.05) is 20.1 Å². The molecule has 2 N–H and O–H groups in total. The number of hydrogen-bond acceptors (Lipinski definition) is 3. The molecule has 0 fully saturated rings. The van der Waals surface area contributed by atoms with Crippen molar-refractivity contribution in [1.82, 2.24) is 10.2 Å². The normalized spacial score (nSPS) is 10.2. The predicted molar refractivity (Wildman–Crippen MR) is 72.8 cm³/mol. The van der Waals surface area contributed by atoms with Gasteiger partial charge in [-0.2, -0.15) is 0 Å². The maximum absolute atomic E-state index is 11.5. The van der Waals surface area contributed by atoms with E-state index in [0.717, 1.165) is 11.1 Å². The smallest absolute Gasteiger partial charge is 0.307 e. The Morgan fingerprint density at radius 2 is 1.79 bits per heavy atom. The van der Waals surface area contributed by atoms with Crippen molar-refractivity contribution in [3.05, 3.63) is 35.4 Å². The zero-order valence-electron chi connectivity index (χ0n) is 11.3. The van der Waals surface area contributed by atoms with Gasteiger partial charge in [0.15, 0.2) is 0 Å². The molecule has 0 aliphatic rings. The predicted octanol–water partition coefficient (Wildman–Crippen LogP) is 0.882. The molecule has 0 saturated heterocycles. The lowest BCUT2D eigenvalue weighted by Gasteiger charge is -2.14. The van der Waals surface area contributed by atoms with Crippen LogP contribution in [0.2, 0.25) is 0 Å². The summed E-state index contributed by atoms with van der Waals surface area (Å²) in [5.74, 6) is -0.774. The van der Waals surface area contributed by atoms with Crippen LogP contribution in [0.15, 0.2) is 24.3 Å². The number of carbonyl (C=O) groups excluding carboxylic acids is 1. The van der Waals surface area contributed by atoms with Crippen molar-refractivity contribution in [2.24, 2.45) is 0 Å². The van der Waals surface area contributed by atoms with Gasteiger partial charge in [-0.3, -0.25) is 9.59 Å². The fraction of sp³-hybridized carbons (Fsp3) is 0.429. The largest absolute Gasteiger partial charge is 0.481 e. The lowest BCUT2D eigenvalue weighted by Crippen LogP contribution is -2.35. The molecule has 19 heavy (non-hydrogen) atoms. The summed E-state index contributed by atoms with van der Waals surface area (Å²) in [5.41, 5.74) is 1.80. The lowest BCUT2D eigenvalue weighted by molar-refractivity contribution is -0.136. The fourth-order valence-corrected chi connectivity index (χ4v) is 1.57. The van der Waals surface area contributed by atoms with Crippen LogP contribution < -0.4 is 5.32 Å². The molecule has 1 aromatic carbocycles. The second-order valence-electron chi connectivity index (χ2n) is 4.40. The molecule has 0 aliphatic carbocycles. The summed E-state index contributed by atoms with van der Waals surface area (Å²) < 4.78 is 0. The van der Waals surface area contributed by atoms with Crippen molar-refractivity contribution in [2.45, 2.75) is 19.9 Å². The topological polar surface area (TPSA) is 69.6 Å². The van der Waals surface area contributed by atoms with Crippen molar-refractivity contribution >= 4 is 11.9 Å². The number of carboxylic acid groups (broad SMARTS) is 1. The Morgan fingerprint density at radius 1 is 1.21 bits per heavy atom. The summed E-state index contributed by atoms with van der Waals surface area (Å²) in [6.45, 7) is 3.53. The molecule has 104 valence electrons. The lowest BCUT2D eigenvalue weighted by atomic mass is 10.1. The first-order chi connectivity index (χ1) is 9.02. The van der Waals surface area contributed by atoms with Crippen molar-refractivity contribution in [2.75, 3.05) is 20.1 Å². The van der Waals surface area contributed by atoms with Gasteiger partial charge in [0.2, 0.25) is 5.91 Å². The van der Waals surface area contributed by atoms with Crippen molar-refractivity contribution < 1.29 is 14.7 Å². The second kappa shape index (κ2) is 7.53. The minimum absolute atomic E-state index is 0.0352. The van der Waals surface area contributed by atoms with Gasteiger partial charge in [-0.15, -0.1) is 0 Å². The average molecular weight is 264 g/mol. The molecule has 0 heterocycles. The van der Waals surface area contributed by atoms with Gasteiger partial charge in [0.25, 0.3) is 0 Å². The molecular formula is C14H20N2O3. The SMILES string of the molecule is CCN(C)C(=O)CNCc1ccc(CC(=O)O)cc1. The first-order valence-corrected chi connectivity index (χ1v) is 6.27. The summed E-state index contributed by atoms with van der Waals surface area (Å²) in [5, 5.41) is 11.7. The van der Waals surface area contributed by atoms with E-state index in [1.165, 1.54) is 0 Å². The minimum Gasteiger partial charge on any atom is -0.481 e. The first kappa shape index (κ1) is 15.2. The van der Waals surface area contributed by atoms with Gasteiger partial charge in [0.1, 0.15) is 0 Å². The zero-order valence-corrected chi connectivity index (χ0v) is 11.3. The van der Waals surface area contributed by atoms with E-state index in [0.29, 0.717) is 19.6 Å². The second-order valence-corrected chi connectivity index (χ2v) is 4.40. The Labute approximate surface area is 113 Å². The molecule has 0 atom stereocenters. The van der Waals surface area contributed by atoms with Crippen LogP contribution in [-0.4, -0.2) is 42.0 Å². The van der Waals surface area contributed by atoms with Crippen LogP contribution in [0.25, 0.3) is 0 Å². The Balaban J connectivity index is 2.38. The molecule has 1 rings (SSSR count). The standard InChI is InChI=1S/C14H20N2O3/c1-3-16(2)13(17)10-15-9-12-6-4-11(5-7-12)8-14(18)19/h4-7,15H,3,8-10H2,1-2H3,(H,18,19). The van der Waals surface area contributed by atoms with Gasteiger partial charge >= 0.3 is 5.97 Å². The molecule has 0 saturated carbocycles. The molecular weight excluding hydrogens is 244 g/mol. The van der Waals surface area contributed by atoms with Crippen LogP contribution in [0.4, 0.5) is 0 Å². The Hall–Kier alpha value is -1.88. The minimum atomic E-state index is -0.834. The van der Waals surface area contributed by atoms with Gasteiger partial charge in [-0.1, -0.05) is 24.3 Å². The third-order valence-electron chi connectivity index (χ3n) is 2.88. The first-order valence-electron chi connectivity index (χ1n) is 6.27. The number of likely N-dealkylation sites (N-methyl/N-ethyl adjacent to an activating group) is 1. The number of benzene rings is 1. The number of rotatable bonds is 7. The molecule has 1 amide bonds. The van der Waals surface area contributed by atoms with E-state index in [1.54, 1.807) is 24.1 Å². The van der Waals surface area contributed by atoms with E-state index in [2.05, 4.69) is 5.32 Å². The van der Waals surface area contributed by atoms with Gasteiger partial charge in [0.05, 0.1) is 13.0 Å². The molecule has 0 aromatic heterocycles. The van der Waals surface area contributed by atoms with E-state index >= 15 is 0 Å². The van der Waals surface area contributed by atoms with Crippen LogP contribution in [0.1, 0.15) is 18.1 Å². The van der Waals surface area contributed by atoms with Crippen LogP contribution >= 0.6 is 0 Å². The molecule has 5 heteroatoms. The van der Waals surface area contributed by atoms with E-state index in [1.807, 2.05) is 19.1 Å². The van der Waals surface area contributed by atoms with E-state index in [4.69, 9.17) is 5.11 Å². The van der Waals surface area contributed by atoms with Crippen LogP contribution in [0.5, 0.6) is 0 Å². The highest BCUT2D eigenvalue weighted by Gasteiger charge is 2.05. The maximum Gasteiger partial charge on any atom is 0.307 e. The molecule has 1 aromatic rings. The number of hydrogen-bond donors (Lipinski definition) is 2. The number of carbonyl (C=O) groups is 2. The van der Waals surface area contributed by atoms with Crippen LogP contribution in [0.3, 0.4) is 0 Å². The van der Waals surface area contributed by atoms with Gasteiger partial charge in [-0.25, -0.2) is 0 Å². The number of amides is 1. The Morgan fingerprint density at radius 3 is 2.32 bits per heavy atom. The summed E-state index contributed by atoms with van der Waals surface area (Å²) in [7, 11) is 1.77. The summed E-state index contributed by atoms with van der Waals surface area (Å²) in [6.07, 6.45) is 0.0352. The number of nitrogens with zero attached hydrogens (tertiary/aromatic N) is 1. The number of carboxylic acids is 1. The Bertz CT molecular complexity index is 429. The van der Waals surface area contributed by atoms with Crippen molar-refractivity contribution in [1.29, 1.82) is 0 Å². The molecule has 5 nitrogen and oxygen atoms in total. The molecule has 0 bridgehead atoms. The number of aliphatic carboxylic acids is 1. The van der Waals surface area contributed by atoms with Gasteiger partial charge < -0.3 is 15.3 Å². The van der Waals surface area contributed by atoms with Gasteiger partial charge in [-0.05, 0) is 18.1 Å². The average Bonchev–Trinajstić information content (AvgIpc) is 2.39. The summed E-state index contributed by atoms with van der Waals surface area (Å²) >= 11 is 0. The maximum atomic E-state index is 11.5. The third-order valence-corrected chi connectivity index (χ3v) is 2.88. The van der Waals surface area contributed by atoms with E-state index in [9.17, 15) is 9.59 Å². The van der Waals surface area contributed by atoms with Crippen LogP contribution in [0, 0.1) is 0 Å². The van der Waals surface area contributed by atoms with Crippen LogP contribution in [-0.2, 0) is 22.6 Å².